The van der Waals surface area contributed by atoms with Gasteiger partial charge < -0.3 is 29.8 Å². The first-order valence-electron chi connectivity index (χ1n) is 11.1. The summed E-state index contributed by atoms with van der Waals surface area (Å²) in [6, 6.07) is 7.49. The molecule has 1 aromatic carbocycles. The lowest BCUT2D eigenvalue weighted by molar-refractivity contribution is -0.165. The third kappa shape index (κ3) is 3.05. The third-order valence-corrected chi connectivity index (χ3v) is 15.1. The van der Waals surface area contributed by atoms with Crippen molar-refractivity contribution >= 4 is 66.8 Å². The van der Waals surface area contributed by atoms with Gasteiger partial charge in [-0.25, -0.2) is 0 Å². The summed E-state index contributed by atoms with van der Waals surface area (Å²) in [5, 5.41) is 19.8. The predicted molar refractivity (Wildman–Crippen MR) is 140 cm³/mol. The minimum absolute atomic E-state index is 0.232. The maximum atomic E-state index is 13.3. The molecule has 10 nitrogen and oxygen atoms in total. The van der Waals surface area contributed by atoms with Crippen LogP contribution in [0.4, 0.5) is 0 Å². The zero-order valence-corrected chi connectivity index (χ0v) is 23.4. The Hall–Kier alpha value is -1.58. The van der Waals surface area contributed by atoms with Gasteiger partial charge in [-0.3, -0.25) is 19.2 Å². The fourth-order valence-electron chi connectivity index (χ4n) is 5.10. The second-order valence-electron chi connectivity index (χ2n) is 9.41. The Morgan fingerprint density at radius 1 is 0.556 bits per heavy atom. The van der Waals surface area contributed by atoms with Gasteiger partial charge in [-0.1, -0.05) is 45.9 Å². The lowest BCUT2D eigenvalue weighted by Gasteiger charge is -2.58. The zero-order valence-electron chi connectivity index (χ0n) is 20.1. The molecule has 6 aliphatic rings. The molecule has 6 heterocycles. The molecule has 14 heteroatoms. The zero-order chi connectivity index (χ0) is 26.3. The van der Waals surface area contributed by atoms with Crippen LogP contribution in [0.1, 0.15) is 11.1 Å². The van der Waals surface area contributed by atoms with Crippen LogP contribution >= 0.6 is 43.2 Å². The van der Waals surface area contributed by atoms with Gasteiger partial charge in [-0.05, 0) is 32.7 Å². The van der Waals surface area contributed by atoms with Crippen molar-refractivity contribution in [3.05, 3.63) is 35.4 Å². The van der Waals surface area contributed by atoms with E-state index in [-0.39, 0.29) is 36.5 Å². The molecular formula is C22H26N4O6S4. The van der Waals surface area contributed by atoms with E-state index in [9.17, 15) is 29.4 Å². The molecule has 0 spiro atoms. The number of carbonyl (C=O) groups excluding carboxylic acids is 4. The summed E-state index contributed by atoms with van der Waals surface area (Å²) in [5.41, 5.74) is 1.68. The second kappa shape index (κ2) is 8.46. The predicted octanol–water partition coefficient (Wildman–Crippen LogP) is 0.192. The van der Waals surface area contributed by atoms with E-state index in [0.717, 1.165) is 11.1 Å². The van der Waals surface area contributed by atoms with E-state index in [1.165, 1.54) is 62.8 Å². The number of piperazine rings is 2. The van der Waals surface area contributed by atoms with Crippen molar-refractivity contribution in [1.29, 1.82) is 0 Å². The molecule has 6 fully saturated rings. The van der Waals surface area contributed by atoms with Crippen molar-refractivity contribution < 1.29 is 29.4 Å². The first-order valence-corrected chi connectivity index (χ1v) is 15.4. The molecule has 4 amide bonds. The van der Waals surface area contributed by atoms with Crippen molar-refractivity contribution in [2.24, 2.45) is 0 Å². The van der Waals surface area contributed by atoms with Gasteiger partial charge >= 0.3 is 0 Å². The molecule has 36 heavy (non-hydrogen) atoms. The highest BCUT2D eigenvalue weighted by atomic mass is 33.1. The Labute approximate surface area is 224 Å². The normalized spacial score (nSPS) is 35.9. The van der Waals surface area contributed by atoms with Crippen molar-refractivity contribution in [1.82, 2.24) is 19.6 Å². The van der Waals surface area contributed by atoms with Gasteiger partial charge in [-0.2, -0.15) is 0 Å². The Bertz CT molecular complexity index is 1080. The minimum atomic E-state index is -1.30. The Kier molecular flexibility index (Phi) is 6.12. The number of benzene rings is 1. The second-order valence-corrected chi connectivity index (χ2v) is 14.8. The van der Waals surface area contributed by atoms with Crippen molar-refractivity contribution in [2.45, 2.75) is 32.3 Å². The molecule has 0 aromatic heterocycles. The fraction of sp³-hybridized carbons (Fsp3) is 0.545. The number of carbonyl (C=O) groups is 4. The SMILES string of the molecule is CN1C(=O)[C@@]2(CO)SS[C@@]1(Cc1ccc(C[C@@]34SS[C@](CO)(C(=O)N3C)N(C)C4=O)cc1)C(=O)N2C. The average molecular weight is 571 g/mol. The molecule has 4 bridgehead atoms. The van der Waals surface area contributed by atoms with E-state index in [1.54, 1.807) is 28.2 Å². The molecule has 6 saturated heterocycles. The molecule has 0 unspecified atom stereocenters. The highest BCUT2D eigenvalue weighted by molar-refractivity contribution is 8.78. The van der Waals surface area contributed by atoms with Gasteiger partial charge in [0.1, 0.15) is 0 Å². The summed E-state index contributed by atoms with van der Waals surface area (Å²) < 4.78 is 0. The highest BCUT2D eigenvalue weighted by Crippen LogP contribution is 2.60. The van der Waals surface area contributed by atoms with Crippen molar-refractivity contribution in [3.63, 3.8) is 0 Å². The van der Waals surface area contributed by atoms with E-state index in [4.69, 9.17) is 0 Å². The Morgan fingerprint density at radius 3 is 1.11 bits per heavy atom. The molecule has 0 saturated carbocycles. The number of hydrogen-bond acceptors (Lipinski definition) is 10. The number of nitrogens with zero attached hydrogens (tertiary/aromatic N) is 4. The summed E-state index contributed by atoms with van der Waals surface area (Å²) >= 11 is 0. The maximum absolute atomic E-state index is 13.3. The number of aliphatic hydroxyl groups is 2. The van der Waals surface area contributed by atoms with E-state index in [2.05, 4.69) is 0 Å². The first-order chi connectivity index (χ1) is 17.0. The van der Waals surface area contributed by atoms with E-state index >= 15 is 0 Å². The van der Waals surface area contributed by atoms with Crippen molar-refractivity contribution in [3.8, 4) is 0 Å². The Balaban J connectivity index is 1.39. The van der Waals surface area contributed by atoms with Crippen LogP contribution in [0.15, 0.2) is 24.3 Å². The smallest absolute Gasteiger partial charge is 0.263 e. The van der Waals surface area contributed by atoms with Crippen LogP contribution < -0.4 is 0 Å². The van der Waals surface area contributed by atoms with E-state index in [0.29, 0.717) is 0 Å². The molecular weight excluding hydrogens is 545 g/mol. The van der Waals surface area contributed by atoms with Gasteiger partial charge in [0, 0.05) is 41.0 Å². The van der Waals surface area contributed by atoms with Crippen LogP contribution in [0.2, 0.25) is 0 Å². The lowest BCUT2D eigenvalue weighted by Crippen LogP contribution is -2.77. The van der Waals surface area contributed by atoms with E-state index < -0.39 is 32.7 Å². The molecule has 0 aliphatic carbocycles. The molecule has 7 rings (SSSR count). The molecule has 0 radical (unpaired) electrons. The van der Waals surface area contributed by atoms with Gasteiger partial charge in [-0.15, -0.1) is 0 Å². The maximum Gasteiger partial charge on any atom is 0.263 e. The Morgan fingerprint density at radius 2 is 0.806 bits per heavy atom. The number of likely N-dealkylation sites (N-methyl/N-ethyl adjacent to an activating group) is 4. The summed E-state index contributed by atoms with van der Waals surface area (Å²) in [5.74, 6) is -1.07. The fourth-order valence-corrected chi connectivity index (χ4v) is 12.3. The van der Waals surface area contributed by atoms with Crippen LogP contribution in [-0.4, -0.2) is 114 Å². The highest BCUT2D eigenvalue weighted by Gasteiger charge is 2.68. The quantitative estimate of drug-likeness (QED) is 0.459. The van der Waals surface area contributed by atoms with Crippen LogP contribution in [0.5, 0.6) is 0 Å². The number of amides is 4. The third-order valence-electron chi connectivity index (χ3n) is 7.70. The monoisotopic (exact) mass is 570 g/mol. The van der Waals surface area contributed by atoms with E-state index in [1.807, 2.05) is 24.3 Å². The molecule has 194 valence electrons. The molecule has 6 aliphatic heterocycles. The first kappa shape index (κ1) is 26.0. The van der Waals surface area contributed by atoms with Gasteiger partial charge in [0.05, 0.1) is 13.2 Å². The lowest BCUT2D eigenvalue weighted by atomic mass is 9.94. The van der Waals surface area contributed by atoms with Crippen LogP contribution in [0, 0.1) is 0 Å². The number of rotatable bonds is 6. The molecule has 1 aromatic rings. The van der Waals surface area contributed by atoms with Gasteiger partial charge in [0.2, 0.25) is 9.74 Å². The summed E-state index contributed by atoms with van der Waals surface area (Å²) in [6.45, 7) is -0.910. The van der Waals surface area contributed by atoms with Gasteiger partial charge in [0.15, 0.2) is 9.74 Å². The van der Waals surface area contributed by atoms with Crippen LogP contribution in [0.3, 0.4) is 0 Å². The average Bonchev–Trinajstić information content (AvgIpc) is 2.88. The summed E-state index contributed by atoms with van der Waals surface area (Å²) in [7, 11) is 11.3. The molecule has 2 N–H and O–H groups in total. The molecule has 4 atom stereocenters. The van der Waals surface area contributed by atoms with Crippen molar-refractivity contribution in [2.75, 3.05) is 41.4 Å². The number of fused-ring (bicyclic) bond motifs is 6. The minimum Gasteiger partial charge on any atom is -0.392 e. The standard InChI is InChI=1S/C22H26N4O6S4/c1-23-17(31)21(11-27)25(3)15(29)19(23,33-35-21)9-13-5-7-14(8-6-13)10-20-16(30)26(4)22(12-28,36-34-20)18(32)24(20)2/h5-8,27-28H,9-12H2,1-4H3/t19-,20-,21+,22+/m0/s1. The summed E-state index contributed by atoms with van der Waals surface area (Å²) in [6.07, 6.45) is 0.569. The largest absolute Gasteiger partial charge is 0.392 e. The topological polar surface area (TPSA) is 122 Å². The van der Waals surface area contributed by atoms with Crippen LogP contribution in [0.25, 0.3) is 0 Å². The number of aliphatic hydroxyl groups excluding tert-OH is 2. The van der Waals surface area contributed by atoms with Gasteiger partial charge in [0.25, 0.3) is 23.6 Å². The summed E-state index contributed by atoms with van der Waals surface area (Å²) in [4.78, 5) is 53.5. The van der Waals surface area contributed by atoms with Crippen LogP contribution in [-0.2, 0) is 32.0 Å². The number of hydrogen-bond donors (Lipinski definition) is 2.